The second kappa shape index (κ2) is 4.88. The summed E-state index contributed by atoms with van der Waals surface area (Å²) >= 11 is 0. The van der Waals surface area contributed by atoms with Crippen LogP contribution in [0.2, 0.25) is 0 Å². The molecule has 4 nitrogen and oxygen atoms in total. The summed E-state index contributed by atoms with van der Waals surface area (Å²) in [7, 11) is -3.39. The van der Waals surface area contributed by atoms with E-state index in [1.807, 2.05) is 0 Å². The summed E-state index contributed by atoms with van der Waals surface area (Å²) in [5.74, 6) is 5.52. The first-order chi connectivity index (χ1) is 8.12. The third-order valence-corrected chi connectivity index (χ3v) is 3.90. The summed E-state index contributed by atoms with van der Waals surface area (Å²) in [6.45, 7) is 0.261. The number of benzene rings is 1. The van der Waals surface area contributed by atoms with Crippen LogP contribution in [0.15, 0.2) is 29.2 Å². The smallest absolute Gasteiger partial charge is 0.240 e. The molecule has 1 saturated carbocycles. The van der Waals surface area contributed by atoms with Gasteiger partial charge in [-0.2, -0.15) is 0 Å². The van der Waals surface area contributed by atoms with E-state index in [0.717, 1.165) is 12.8 Å². The topological polar surface area (TPSA) is 72.2 Å². The quantitative estimate of drug-likeness (QED) is 0.764. The van der Waals surface area contributed by atoms with Crippen LogP contribution in [-0.2, 0) is 10.0 Å². The minimum absolute atomic E-state index is 0.110. The summed E-state index contributed by atoms with van der Waals surface area (Å²) in [4.78, 5) is 0.258. The molecule has 0 atom stereocenters. The normalized spacial score (nSPS) is 15.1. The third-order valence-electron chi connectivity index (χ3n) is 2.38. The number of nitrogens with one attached hydrogen (secondary N) is 1. The van der Waals surface area contributed by atoms with E-state index >= 15 is 0 Å². The summed E-state index contributed by atoms with van der Waals surface area (Å²) < 4.78 is 26.5. The third kappa shape index (κ3) is 3.30. The summed E-state index contributed by atoms with van der Waals surface area (Å²) in [6.07, 6.45) is 1.85. The van der Waals surface area contributed by atoms with Gasteiger partial charge in [-0.25, -0.2) is 13.1 Å². The predicted molar refractivity (Wildman–Crippen MR) is 65.7 cm³/mol. The van der Waals surface area contributed by atoms with Crippen molar-refractivity contribution < 1.29 is 8.42 Å². The maximum absolute atomic E-state index is 11.9. The van der Waals surface area contributed by atoms with Gasteiger partial charge < -0.3 is 5.73 Å². The van der Waals surface area contributed by atoms with E-state index in [-0.39, 0.29) is 17.5 Å². The first-order valence-electron chi connectivity index (χ1n) is 5.43. The van der Waals surface area contributed by atoms with Crippen LogP contribution in [0.5, 0.6) is 0 Å². The molecule has 0 saturated heterocycles. The Hall–Kier alpha value is -1.35. The Kier molecular flexibility index (Phi) is 3.48. The molecule has 2 rings (SSSR count). The van der Waals surface area contributed by atoms with Crippen molar-refractivity contribution in [1.29, 1.82) is 0 Å². The molecule has 0 spiro atoms. The SMILES string of the molecule is NCC#Cc1cccc(S(=O)(=O)NC2CC2)c1. The van der Waals surface area contributed by atoms with Crippen molar-refractivity contribution in [2.24, 2.45) is 5.73 Å². The molecule has 1 aromatic carbocycles. The maximum Gasteiger partial charge on any atom is 0.240 e. The minimum atomic E-state index is -3.39. The summed E-state index contributed by atoms with van der Waals surface area (Å²) in [5, 5.41) is 0. The molecule has 3 N–H and O–H groups in total. The molecule has 1 aliphatic rings. The van der Waals surface area contributed by atoms with Gasteiger partial charge in [0, 0.05) is 11.6 Å². The molecule has 0 unspecified atom stereocenters. The van der Waals surface area contributed by atoms with Gasteiger partial charge in [0.25, 0.3) is 0 Å². The average Bonchev–Trinajstić information content (AvgIpc) is 3.10. The van der Waals surface area contributed by atoms with Gasteiger partial charge in [-0.1, -0.05) is 17.9 Å². The van der Waals surface area contributed by atoms with E-state index < -0.39 is 10.0 Å². The van der Waals surface area contributed by atoms with Crippen molar-refractivity contribution >= 4 is 10.0 Å². The predicted octanol–water partition coefficient (Wildman–Crippen LogP) is 0.438. The molecule has 0 aliphatic heterocycles. The second-order valence-electron chi connectivity index (χ2n) is 3.93. The number of rotatable bonds is 3. The largest absolute Gasteiger partial charge is 0.320 e. The Morgan fingerprint density at radius 1 is 1.41 bits per heavy atom. The Labute approximate surface area is 101 Å². The van der Waals surface area contributed by atoms with E-state index in [1.165, 1.54) is 0 Å². The molecule has 5 heteroatoms. The van der Waals surface area contributed by atoms with E-state index in [2.05, 4.69) is 16.6 Å². The van der Waals surface area contributed by atoms with Gasteiger partial charge in [-0.3, -0.25) is 0 Å². The Morgan fingerprint density at radius 3 is 2.82 bits per heavy atom. The second-order valence-corrected chi connectivity index (χ2v) is 5.64. The van der Waals surface area contributed by atoms with Crippen molar-refractivity contribution in [3.8, 4) is 11.8 Å². The molecule has 17 heavy (non-hydrogen) atoms. The van der Waals surface area contributed by atoms with Crippen molar-refractivity contribution in [2.45, 2.75) is 23.8 Å². The van der Waals surface area contributed by atoms with Crippen molar-refractivity contribution in [1.82, 2.24) is 4.72 Å². The lowest BCUT2D eigenvalue weighted by Crippen LogP contribution is -2.25. The lowest BCUT2D eigenvalue weighted by molar-refractivity contribution is 0.581. The van der Waals surface area contributed by atoms with Crippen molar-refractivity contribution in [2.75, 3.05) is 6.54 Å². The molecule has 0 bridgehead atoms. The highest BCUT2D eigenvalue weighted by atomic mass is 32.2. The molecule has 0 aromatic heterocycles. The molecule has 1 aromatic rings. The fraction of sp³-hybridized carbons (Fsp3) is 0.333. The zero-order valence-electron chi connectivity index (χ0n) is 9.31. The van der Waals surface area contributed by atoms with Gasteiger partial charge in [0.05, 0.1) is 11.4 Å². The number of sulfonamides is 1. The van der Waals surface area contributed by atoms with Gasteiger partial charge in [-0.15, -0.1) is 0 Å². The van der Waals surface area contributed by atoms with Gasteiger partial charge in [0.15, 0.2) is 0 Å². The monoisotopic (exact) mass is 250 g/mol. The molecule has 1 aliphatic carbocycles. The molecular weight excluding hydrogens is 236 g/mol. The molecule has 90 valence electrons. The summed E-state index contributed by atoms with van der Waals surface area (Å²) in [6, 6.07) is 6.69. The molecular formula is C12H14N2O2S. The van der Waals surface area contributed by atoms with Gasteiger partial charge >= 0.3 is 0 Å². The van der Waals surface area contributed by atoms with Crippen LogP contribution in [0.4, 0.5) is 0 Å². The molecule has 1 fully saturated rings. The van der Waals surface area contributed by atoms with Crippen LogP contribution in [-0.4, -0.2) is 21.0 Å². The first kappa shape index (κ1) is 12.1. The van der Waals surface area contributed by atoms with E-state index in [4.69, 9.17) is 5.73 Å². The number of hydrogen-bond donors (Lipinski definition) is 2. The Bertz CT molecular complexity index is 566. The highest BCUT2D eigenvalue weighted by Crippen LogP contribution is 2.22. The van der Waals surface area contributed by atoms with Crippen LogP contribution in [0.3, 0.4) is 0 Å². The van der Waals surface area contributed by atoms with Crippen molar-refractivity contribution in [3.63, 3.8) is 0 Å². The van der Waals surface area contributed by atoms with Crippen LogP contribution < -0.4 is 10.5 Å². The van der Waals surface area contributed by atoms with Crippen LogP contribution in [0, 0.1) is 11.8 Å². The zero-order valence-corrected chi connectivity index (χ0v) is 10.1. The Balaban J connectivity index is 2.25. The Morgan fingerprint density at radius 2 is 2.18 bits per heavy atom. The lowest BCUT2D eigenvalue weighted by atomic mass is 10.2. The fourth-order valence-electron chi connectivity index (χ4n) is 1.38. The standard InChI is InChI=1S/C12H14N2O2S/c13-8-2-4-10-3-1-5-12(9-10)17(15,16)14-11-6-7-11/h1,3,5,9,11,14H,6-8,13H2. The number of nitrogens with two attached hydrogens (primary N) is 1. The van der Waals surface area contributed by atoms with E-state index in [1.54, 1.807) is 24.3 Å². The van der Waals surface area contributed by atoms with Crippen LogP contribution in [0.1, 0.15) is 18.4 Å². The molecule has 0 amide bonds. The number of hydrogen-bond acceptors (Lipinski definition) is 3. The molecule has 0 heterocycles. The van der Waals surface area contributed by atoms with Gasteiger partial charge in [0.2, 0.25) is 10.0 Å². The zero-order chi connectivity index (χ0) is 12.3. The van der Waals surface area contributed by atoms with Crippen molar-refractivity contribution in [3.05, 3.63) is 29.8 Å². The highest BCUT2D eigenvalue weighted by Gasteiger charge is 2.27. The average molecular weight is 250 g/mol. The van der Waals surface area contributed by atoms with E-state index in [9.17, 15) is 8.42 Å². The first-order valence-corrected chi connectivity index (χ1v) is 6.91. The highest BCUT2D eigenvalue weighted by molar-refractivity contribution is 7.89. The van der Waals surface area contributed by atoms with E-state index in [0.29, 0.717) is 5.56 Å². The van der Waals surface area contributed by atoms with Gasteiger partial charge in [0.1, 0.15) is 0 Å². The van der Waals surface area contributed by atoms with Crippen LogP contribution in [0.25, 0.3) is 0 Å². The maximum atomic E-state index is 11.9. The lowest BCUT2D eigenvalue weighted by Gasteiger charge is -2.05. The minimum Gasteiger partial charge on any atom is -0.320 e. The fourth-order valence-corrected chi connectivity index (χ4v) is 2.73. The summed E-state index contributed by atoms with van der Waals surface area (Å²) in [5.41, 5.74) is 5.93. The molecule has 0 radical (unpaired) electrons. The van der Waals surface area contributed by atoms with Gasteiger partial charge in [-0.05, 0) is 31.0 Å². The van der Waals surface area contributed by atoms with Crippen LogP contribution >= 0.6 is 0 Å².